The summed E-state index contributed by atoms with van der Waals surface area (Å²) < 4.78 is 15.2. The van der Waals surface area contributed by atoms with Gasteiger partial charge in [0.05, 0.1) is 22.3 Å². The van der Waals surface area contributed by atoms with Gasteiger partial charge in [0.15, 0.2) is 5.65 Å². The maximum atomic E-state index is 13.4. The number of pyridine rings is 1. The predicted octanol–water partition coefficient (Wildman–Crippen LogP) is 4.53. The third-order valence-corrected chi connectivity index (χ3v) is 5.35. The normalized spacial score (nSPS) is 15.0. The van der Waals surface area contributed by atoms with Crippen LogP contribution in [0.25, 0.3) is 16.7 Å². The number of carbonyl (C=O) groups excluding carboxylic acids is 1. The number of hydrogen-bond acceptors (Lipinski definition) is 3. The Morgan fingerprint density at radius 1 is 1.29 bits per heavy atom. The van der Waals surface area contributed by atoms with Gasteiger partial charge in [0.25, 0.3) is 5.91 Å². The minimum atomic E-state index is -0.293. The monoisotopic (exact) mass is 380 g/mol. The summed E-state index contributed by atoms with van der Waals surface area (Å²) >= 11 is 0. The van der Waals surface area contributed by atoms with Crippen LogP contribution in [0, 0.1) is 5.82 Å². The quantitative estimate of drug-likeness (QED) is 0.684. The van der Waals surface area contributed by atoms with Crippen LogP contribution in [-0.2, 0) is 6.42 Å². The Morgan fingerprint density at radius 3 is 2.61 bits per heavy atom. The molecule has 6 heteroatoms. The molecule has 1 amide bonds. The van der Waals surface area contributed by atoms with E-state index in [0.717, 1.165) is 41.7 Å². The molecule has 146 valence electrons. The van der Waals surface area contributed by atoms with E-state index in [4.69, 9.17) is 10.1 Å². The Labute approximate surface area is 164 Å². The Kier molecular flexibility index (Phi) is 4.87. The van der Waals surface area contributed by atoms with Crippen LogP contribution in [0.2, 0.25) is 0 Å². The van der Waals surface area contributed by atoms with Crippen molar-refractivity contribution in [3.8, 4) is 5.69 Å². The van der Waals surface area contributed by atoms with Crippen molar-refractivity contribution in [3.05, 3.63) is 53.1 Å². The van der Waals surface area contributed by atoms with Gasteiger partial charge in [-0.15, -0.1) is 0 Å². The summed E-state index contributed by atoms with van der Waals surface area (Å²) in [7, 11) is 0. The van der Waals surface area contributed by atoms with Gasteiger partial charge >= 0.3 is 0 Å². The molecule has 4 rings (SSSR count). The summed E-state index contributed by atoms with van der Waals surface area (Å²) in [5.74, 6) is -0.0240. The zero-order valence-corrected chi connectivity index (χ0v) is 16.5. The highest BCUT2D eigenvalue weighted by molar-refractivity contribution is 6.07. The fourth-order valence-corrected chi connectivity index (χ4v) is 3.36. The van der Waals surface area contributed by atoms with Crippen molar-refractivity contribution in [1.82, 2.24) is 20.1 Å². The van der Waals surface area contributed by atoms with Crippen molar-refractivity contribution in [2.24, 2.45) is 0 Å². The second kappa shape index (κ2) is 7.34. The van der Waals surface area contributed by atoms with Gasteiger partial charge in [-0.2, -0.15) is 5.10 Å². The SMILES string of the molecule is CCc1cc(C(=O)NC(C)CC)c2c(C3CC3)nn(-c3ccc(F)cc3)c2n1. The molecule has 1 atom stereocenters. The van der Waals surface area contributed by atoms with Crippen molar-refractivity contribution in [2.75, 3.05) is 0 Å². The van der Waals surface area contributed by atoms with Crippen LogP contribution < -0.4 is 5.32 Å². The molecule has 2 aromatic heterocycles. The maximum Gasteiger partial charge on any atom is 0.252 e. The number of nitrogens with one attached hydrogen (secondary N) is 1. The molecule has 1 unspecified atom stereocenters. The standard InChI is InChI=1S/C22H25FN4O/c1-4-13(3)24-22(28)18-12-16(5-2)25-21-19(18)20(14-6-7-14)26-27(21)17-10-8-15(23)9-11-17/h8-14H,4-7H2,1-3H3,(H,24,28). The third kappa shape index (κ3) is 3.39. The maximum absolute atomic E-state index is 13.4. The summed E-state index contributed by atoms with van der Waals surface area (Å²) in [6.07, 6.45) is 3.72. The third-order valence-electron chi connectivity index (χ3n) is 5.35. The van der Waals surface area contributed by atoms with E-state index in [2.05, 4.69) is 5.32 Å². The van der Waals surface area contributed by atoms with Gasteiger partial charge in [0, 0.05) is 17.7 Å². The van der Waals surface area contributed by atoms with E-state index >= 15 is 0 Å². The lowest BCUT2D eigenvalue weighted by atomic mass is 10.0. The van der Waals surface area contributed by atoms with E-state index in [1.54, 1.807) is 16.8 Å². The summed E-state index contributed by atoms with van der Waals surface area (Å²) in [5, 5.41) is 8.72. The van der Waals surface area contributed by atoms with E-state index in [1.807, 2.05) is 26.8 Å². The number of hydrogen-bond donors (Lipinski definition) is 1. The predicted molar refractivity (Wildman–Crippen MR) is 107 cm³/mol. The number of aryl methyl sites for hydroxylation is 1. The summed E-state index contributed by atoms with van der Waals surface area (Å²) in [6, 6.07) is 8.20. The molecule has 1 saturated carbocycles. The Morgan fingerprint density at radius 2 is 2.00 bits per heavy atom. The van der Waals surface area contributed by atoms with Gasteiger partial charge in [-0.1, -0.05) is 13.8 Å². The van der Waals surface area contributed by atoms with Crippen LogP contribution in [0.3, 0.4) is 0 Å². The first-order valence-corrected chi connectivity index (χ1v) is 10.0. The molecule has 2 heterocycles. The fraction of sp³-hybridized carbons (Fsp3) is 0.409. The average molecular weight is 380 g/mol. The molecule has 28 heavy (non-hydrogen) atoms. The van der Waals surface area contributed by atoms with E-state index in [0.29, 0.717) is 23.5 Å². The molecular weight excluding hydrogens is 355 g/mol. The molecule has 0 saturated heterocycles. The number of aromatic nitrogens is 3. The van der Waals surface area contributed by atoms with Crippen LogP contribution in [0.1, 0.15) is 67.7 Å². The molecule has 1 aliphatic rings. The molecule has 0 aliphatic heterocycles. The molecule has 5 nitrogen and oxygen atoms in total. The zero-order chi connectivity index (χ0) is 19.8. The highest BCUT2D eigenvalue weighted by Gasteiger charge is 2.32. The van der Waals surface area contributed by atoms with Gasteiger partial charge in [0.2, 0.25) is 0 Å². The van der Waals surface area contributed by atoms with Crippen LogP contribution in [0.15, 0.2) is 30.3 Å². The molecule has 1 aromatic carbocycles. The smallest absolute Gasteiger partial charge is 0.252 e. The van der Waals surface area contributed by atoms with Crippen LogP contribution in [0.4, 0.5) is 4.39 Å². The molecule has 1 fully saturated rings. The lowest BCUT2D eigenvalue weighted by molar-refractivity contribution is 0.0940. The number of rotatable bonds is 6. The summed E-state index contributed by atoms with van der Waals surface area (Å²) in [4.78, 5) is 17.8. The topological polar surface area (TPSA) is 59.8 Å². The highest BCUT2D eigenvalue weighted by atomic mass is 19.1. The minimum absolute atomic E-state index is 0.0861. The fourth-order valence-electron chi connectivity index (χ4n) is 3.36. The van der Waals surface area contributed by atoms with Gasteiger partial charge in [-0.3, -0.25) is 4.79 Å². The minimum Gasteiger partial charge on any atom is -0.350 e. The average Bonchev–Trinajstić information content (AvgIpc) is 3.48. The first-order valence-electron chi connectivity index (χ1n) is 10.0. The lowest BCUT2D eigenvalue weighted by Gasteiger charge is -2.13. The number of benzene rings is 1. The molecule has 1 N–H and O–H groups in total. The molecule has 1 aliphatic carbocycles. The van der Waals surface area contributed by atoms with E-state index in [-0.39, 0.29) is 17.8 Å². The van der Waals surface area contributed by atoms with Crippen LogP contribution in [-0.4, -0.2) is 26.7 Å². The molecule has 0 bridgehead atoms. The highest BCUT2D eigenvalue weighted by Crippen LogP contribution is 2.43. The van der Waals surface area contributed by atoms with Gasteiger partial charge < -0.3 is 5.32 Å². The van der Waals surface area contributed by atoms with Crippen LogP contribution >= 0.6 is 0 Å². The van der Waals surface area contributed by atoms with Gasteiger partial charge in [-0.05, 0) is 62.9 Å². The van der Waals surface area contributed by atoms with Crippen molar-refractivity contribution in [3.63, 3.8) is 0 Å². The van der Waals surface area contributed by atoms with Crippen molar-refractivity contribution >= 4 is 16.9 Å². The number of fused-ring (bicyclic) bond motifs is 1. The molecule has 3 aromatic rings. The van der Waals surface area contributed by atoms with Gasteiger partial charge in [0.1, 0.15) is 5.82 Å². The van der Waals surface area contributed by atoms with Crippen molar-refractivity contribution < 1.29 is 9.18 Å². The summed E-state index contributed by atoms with van der Waals surface area (Å²) in [6.45, 7) is 6.07. The molecule has 0 radical (unpaired) electrons. The van der Waals surface area contributed by atoms with Gasteiger partial charge in [-0.25, -0.2) is 14.1 Å². The van der Waals surface area contributed by atoms with Crippen molar-refractivity contribution in [2.45, 2.75) is 58.4 Å². The van der Waals surface area contributed by atoms with E-state index in [9.17, 15) is 9.18 Å². The number of nitrogens with zero attached hydrogens (tertiary/aromatic N) is 3. The summed E-state index contributed by atoms with van der Waals surface area (Å²) in [5.41, 5.74) is 3.81. The van der Waals surface area contributed by atoms with E-state index < -0.39 is 0 Å². The zero-order valence-electron chi connectivity index (χ0n) is 16.5. The number of halogens is 1. The first kappa shape index (κ1) is 18.6. The number of amides is 1. The Hall–Kier alpha value is -2.76. The lowest BCUT2D eigenvalue weighted by Crippen LogP contribution is -2.32. The van der Waals surface area contributed by atoms with Crippen molar-refractivity contribution in [1.29, 1.82) is 0 Å². The first-order chi connectivity index (χ1) is 13.5. The molecular formula is C22H25FN4O. The van der Waals surface area contributed by atoms with Crippen LogP contribution in [0.5, 0.6) is 0 Å². The molecule has 0 spiro atoms. The second-order valence-electron chi connectivity index (χ2n) is 7.54. The Bertz CT molecular complexity index is 1020. The largest absolute Gasteiger partial charge is 0.350 e. The second-order valence-corrected chi connectivity index (χ2v) is 7.54. The Balaban J connectivity index is 1.94. The van der Waals surface area contributed by atoms with E-state index in [1.165, 1.54) is 12.1 Å². The number of carbonyl (C=O) groups is 1.